The SMILES string of the molecule is O=C(CCCCO)NCCc1cc(F)cc(F)c1. The number of rotatable bonds is 7. The number of hydrogen-bond donors (Lipinski definition) is 2. The van der Waals surface area contributed by atoms with E-state index in [0.29, 0.717) is 37.8 Å². The van der Waals surface area contributed by atoms with Crippen LogP contribution < -0.4 is 5.32 Å². The molecule has 0 radical (unpaired) electrons. The van der Waals surface area contributed by atoms with E-state index in [9.17, 15) is 13.6 Å². The fourth-order valence-electron chi connectivity index (χ4n) is 1.59. The van der Waals surface area contributed by atoms with Crippen LogP contribution in [0.15, 0.2) is 18.2 Å². The fourth-order valence-corrected chi connectivity index (χ4v) is 1.59. The number of aliphatic hydroxyl groups is 1. The monoisotopic (exact) mass is 257 g/mol. The van der Waals surface area contributed by atoms with Crippen molar-refractivity contribution < 1.29 is 18.7 Å². The van der Waals surface area contributed by atoms with Crippen molar-refractivity contribution in [3.63, 3.8) is 0 Å². The van der Waals surface area contributed by atoms with Gasteiger partial charge in [0.05, 0.1) is 0 Å². The zero-order chi connectivity index (χ0) is 13.4. The molecule has 0 saturated heterocycles. The first-order valence-electron chi connectivity index (χ1n) is 5.94. The van der Waals surface area contributed by atoms with E-state index in [0.717, 1.165) is 6.07 Å². The van der Waals surface area contributed by atoms with Crippen LogP contribution >= 0.6 is 0 Å². The van der Waals surface area contributed by atoms with Crippen LogP contribution in [0.5, 0.6) is 0 Å². The first kappa shape index (κ1) is 14.6. The molecule has 0 aliphatic rings. The average molecular weight is 257 g/mol. The summed E-state index contributed by atoms with van der Waals surface area (Å²) in [6.07, 6.45) is 1.98. The summed E-state index contributed by atoms with van der Waals surface area (Å²) in [6.45, 7) is 0.427. The smallest absolute Gasteiger partial charge is 0.220 e. The highest BCUT2D eigenvalue weighted by molar-refractivity contribution is 5.75. The third kappa shape index (κ3) is 5.72. The number of benzene rings is 1. The summed E-state index contributed by atoms with van der Waals surface area (Å²) >= 11 is 0. The number of halogens is 2. The van der Waals surface area contributed by atoms with Crippen LogP contribution in [0.4, 0.5) is 8.78 Å². The van der Waals surface area contributed by atoms with Gasteiger partial charge in [0.1, 0.15) is 11.6 Å². The van der Waals surface area contributed by atoms with Gasteiger partial charge in [0, 0.05) is 25.6 Å². The van der Waals surface area contributed by atoms with Crippen LogP contribution in [0.2, 0.25) is 0 Å². The second-order valence-electron chi connectivity index (χ2n) is 4.06. The van der Waals surface area contributed by atoms with Crippen LogP contribution in [0.1, 0.15) is 24.8 Å². The molecule has 0 fully saturated rings. The van der Waals surface area contributed by atoms with Gasteiger partial charge in [-0.2, -0.15) is 0 Å². The number of hydrogen-bond acceptors (Lipinski definition) is 2. The van der Waals surface area contributed by atoms with Gasteiger partial charge in [-0.15, -0.1) is 0 Å². The molecule has 0 unspecified atom stereocenters. The van der Waals surface area contributed by atoms with Crippen molar-refractivity contribution in [2.75, 3.05) is 13.2 Å². The van der Waals surface area contributed by atoms with Crippen molar-refractivity contribution in [2.45, 2.75) is 25.7 Å². The maximum absolute atomic E-state index is 12.9. The highest BCUT2D eigenvalue weighted by Crippen LogP contribution is 2.08. The number of nitrogens with one attached hydrogen (secondary N) is 1. The van der Waals surface area contributed by atoms with Gasteiger partial charge in [-0.05, 0) is 37.0 Å². The maximum atomic E-state index is 12.9. The van der Waals surface area contributed by atoms with Crippen molar-refractivity contribution in [2.24, 2.45) is 0 Å². The summed E-state index contributed by atoms with van der Waals surface area (Å²) in [5.41, 5.74) is 0.517. The molecular formula is C13H17F2NO2. The van der Waals surface area contributed by atoms with Gasteiger partial charge in [0.15, 0.2) is 0 Å². The van der Waals surface area contributed by atoms with Crippen molar-refractivity contribution in [3.05, 3.63) is 35.4 Å². The third-order valence-electron chi connectivity index (χ3n) is 2.47. The molecule has 1 amide bonds. The first-order chi connectivity index (χ1) is 8.61. The number of aliphatic hydroxyl groups excluding tert-OH is 1. The lowest BCUT2D eigenvalue weighted by Crippen LogP contribution is -2.25. The van der Waals surface area contributed by atoms with E-state index in [1.165, 1.54) is 12.1 Å². The maximum Gasteiger partial charge on any atom is 0.220 e. The number of carbonyl (C=O) groups excluding carboxylic acids is 1. The topological polar surface area (TPSA) is 49.3 Å². The molecule has 0 aliphatic heterocycles. The summed E-state index contributed by atoms with van der Waals surface area (Å²) in [6, 6.07) is 3.32. The molecule has 0 atom stereocenters. The minimum atomic E-state index is -0.612. The molecule has 5 heteroatoms. The molecule has 1 rings (SSSR count). The van der Waals surface area contributed by atoms with Gasteiger partial charge in [-0.1, -0.05) is 0 Å². The second kappa shape index (κ2) is 7.76. The van der Waals surface area contributed by atoms with E-state index < -0.39 is 11.6 Å². The number of carbonyl (C=O) groups is 1. The van der Waals surface area contributed by atoms with Crippen molar-refractivity contribution in [1.82, 2.24) is 5.32 Å². The predicted octanol–water partition coefficient (Wildman–Crippen LogP) is 1.79. The van der Waals surface area contributed by atoms with Crippen LogP contribution in [-0.4, -0.2) is 24.2 Å². The van der Waals surface area contributed by atoms with Gasteiger partial charge < -0.3 is 10.4 Å². The summed E-state index contributed by atoms with van der Waals surface area (Å²) in [7, 11) is 0. The second-order valence-corrected chi connectivity index (χ2v) is 4.06. The minimum absolute atomic E-state index is 0.0792. The lowest BCUT2D eigenvalue weighted by atomic mass is 10.1. The number of unbranched alkanes of at least 4 members (excludes halogenated alkanes) is 1. The largest absolute Gasteiger partial charge is 0.396 e. The van der Waals surface area contributed by atoms with Crippen molar-refractivity contribution in [1.29, 1.82) is 0 Å². The van der Waals surface area contributed by atoms with E-state index in [2.05, 4.69) is 5.32 Å². The van der Waals surface area contributed by atoms with Gasteiger partial charge in [-0.3, -0.25) is 4.79 Å². The highest BCUT2D eigenvalue weighted by atomic mass is 19.1. The molecular weight excluding hydrogens is 240 g/mol. The Balaban J connectivity index is 2.26. The molecule has 18 heavy (non-hydrogen) atoms. The first-order valence-corrected chi connectivity index (χ1v) is 5.94. The lowest BCUT2D eigenvalue weighted by Gasteiger charge is -2.05. The Bertz CT molecular complexity index is 376. The summed E-state index contributed by atoms with van der Waals surface area (Å²) in [5, 5.41) is 11.2. The van der Waals surface area contributed by atoms with E-state index in [4.69, 9.17) is 5.11 Å². The third-order valence-corrected chi connectivity index (χ3v) is 2.47. The van der Waals surface area contributed by atoms with Crippen molar-refractivity contribution >= 4 is 5.91 Å². The van der Waals surface area contributed by atoms with Crippen LogP contribution in [-0.2, 0) is 11.2 Å². The van der Waals surface area contributed by atoms with Crippen LogP contribution in [0, 0.1) is 11.6 Å². The molecule has 0 bridgehead atoms. The van der Waals surface area contributed by atoms with E-state index in [-0.39, 0.29) is 12.5 Å². The molecule has 100 valence electrons. The Kier molecular flexibility index (Phi) is 6.28. The fraction of sp³-hybridized carbons (Fsp3) is 0.462. The Morgan fingerprint density at radius 1 is 1.17 bits per heavy atom. The van der Waals surface area contributed by atoms with Crippen LogP contribution in [0.25, 0.3) is 0 Å². The molecule has 3 nitrogen and oxygen atoms in total. The number of amides is 1. The molecule has 0 aliphatic carbocycles. The Labute approximate surface area is 105 Å². The lowest BCUT2D eigenvalue weighted by molar-refractivity contribution is -0.121. The Morgan fingerprint density at radius 3 is 2.44 bits per heavy atom. The van der Waals surface area contributed by atoms with Crippen LogP contribution in [0.3, 0.4) is 0 Å². The summed E-state index contributed by atoms with van der Waals surface area (Å²) < 4.78 is 25.7. The zero-order valence-corrected chi connectivity index (χ0v) is 10.1. The van der Waals surface area contributed by atoms with Gasteiger partial charge in [0.25, 0.3) is 0 Å². The molecule has 1 aromatic rings. The van der Waals surface area contributed by atoms with E-state index in [1.807, 2.05) is 0 Å². The highest BCUT2D eigenvalue weighted by Gasteiger charge is 2.03. The minimum Gasteiger partial charge on any atom is -0.396 e. The summed E-state index contributed by atoms with van der Waals surface area (Å²) in [5.74, 6) is -1.33. The van der Waals surface area contributed by atoms with Gasteiger partial charge in [-0.25, -0.2) is 8.78 Å². The molecule has 0 aromatic heterocycles. The van der Waals surface area contributed by atoms with E-state index in [1.54, 1.807) is 0 Å². The summed E-state index contributed by atoms with van der Waals surface area (Å²) in [4.78, 5) is 11.3. The molecule has 2 N–H and O–H groups in total. The van der Waals surface area contributed by atoms with Gasteiger partial charge in [0.2, 0.25) is 5.91 Å². The predicted molar refractivity (Wildman–Crippen MR) is 64.0 cm³/mol. The average Bonchev–Trinajstić information content (AvgIpc) is 2.28. The Hall–Kier alpha value is -1.49. The Morgan fingerprint density at radius 2 is 1.83 bits per heavy atom. The molecule has 0 saturated carbocycles. The normalized spacial score (nSPS) is 10.4. The quantitative estimate of drug-likeness (QED) is 0.732. The van der Waals surface area contributed by atoms with Gasteiger partial charge >= 0.3 is 0 Å². The van der Waals surface area contributed by atoms with E-state index >= 15 is 0 Å². The molecule has 1 aromatic carbocycles. The van der Waals surface area contributed by atoms with Crippen molar-refractivity contribution in [3.8, 4) is 0 Å². The molecule has 0 heterocycles. The molecule has 0 spiro atoms. The zero-order valence-electron chi connectivity index (χ0n) is 10.1. The standard InChI is InChI=1S/C13H17F2NO2/c14-11-7-10(8-12(15)9-11)4-5-16-13(18)3-1-2-6-17/h7-9,17H,1-6H2,(H,16,18).